The number of rotatable bonds is 4. The maximum atomic E-state index is 11.9. The second kappa shape index (κ2) is 5.71. The number of amides is 1. The van der Waals surface area contributed by atoms with Gasteiger partial charge in [0, 0.05) is 29.5 Å². The molecule has 1 aliphatic heterocycles. The van der Waals surface area contributed by atoms with Gasteiger partial charge in [0.05, 0.1) is 7.11 Å². The van der Waals surface area contributed by atoms with Gasteiger partial charge in [-0.05, 0) is 30.7 Å². The number of carbonyl (C=O) groups is 1. The molecule has 5 heteroatoms. The van der Waals surface area contributed by atoms with Crippen molar-refractivity contribution in [2.45, 2.75) is 13.0 Å². The molecule has 18 heavy (non-hydrogen) atoms. The first kappa shape index (κ1) is 13.4. The highest BCUT2D eigenvalue weighted by molar-refractivity contribution is 9.10. The van der Waals surface area contributed by atoms with Crippen LogP contribution in [0.5, 0.6) is 5.75 Å². The van der Waals surface area contributed by atoms with Crippen molar-refractivity contribution in [3.63, 3.8) is 0 Å². The van der Waals surface area contributed by atoms with Crippen molar-refractivity contribution >= 4 is 21.8 Å². The van der Waals surface area contributed by atoms with Gasteiger partial charge in [-0.3, -0.25) is 4.79 Å². The van der Waals surface area contributed by atoms with E-state index in [9.17, 15) is 4.79 Å². The summed E-state index contributed by atoms with van der Waals surface area (Å²) in [6.07, 6.45) is 0.562. The van der Waals surface area contributed by atoms with E-state index in [1.54, 1.807) is 7.11 Å². The van der Waals surface area contributed by atoms with Crippen molar-refractivity contribution in [2.24, 2.45) is 11.7 Å². The van der Waals surface area contributed by atoms with E-state index in [1.165, 1.54) is 0 Å². The first-order chi connectivity index (χ1) is 8.63. The van der Waals surface area contributed by atoms with Crippen LogP contribution < -0.4 is 10.5 Å². The van der Waals surface area contributed by atoms with Crippen LogP contribution in [0.1, 0.15) is 12.0 Å². The predicted octanol–water partition coefficient (Wildman–Crippen LogP) is 1.76. The summed E-state index contributed by atoms with van der Waals surface area (Å²) >= 11 is 3.44. The molecule has 1 atom stereocenters. The zero-order chi connectivity index (χ0) is 13.1. The third-order valence-electron chi connectivity index (χ3n) is 3.23. The zero-order valence-electron chi connectivity index (χ0n) is 10.4. The number of likely N-dealkylation sites (tertiary alicyclic amines) is 1. The molecule has 0 radical (unpaired) electrons. The molecule has 1 fully saturated rings. The molecule has 1 saturated heterocycles. The molecule has 0 bridgehead atoms. The third-order valence-corrected chi connectivity index (χ3v) is 3.72. The Kier molecular flexibility index (Phi) is 4.24. The van der Waals surface area contributed by atoms with Gasteiger partial charge in [0.1, 0.15) is 5.75 Å². The Morgan fingerprint density at radius 3 is 2.94 bits per heavy atom. The Balaban J connectivity index is 2.14. The first-order valence-electron chi connectivity index (χ1n) is 5.94. The lowest BCUT2D eigenvalue weighted by Crippen LogP contribution is -2.25. The standard InChI is InChI=1S/C13H17BrN2O2/c1-18-12-3-2-11(14)5-10(12)8-16-7-9(6-15)4-13(16)17/h2-3,5,9H,4,6-8,15H2,1H3. The number of nitrogens with zero attached hydrogens (tertiary/aromatic N) is 1. The van der Waals surface area contributed by atoms with Gasteiger partial charge >= 0.3 is 0 Å². The van der Waals surface area contributed by atoms with E-state index in [0.29, 0.717) is 19.5 Å². The van der Waals surface area contributed by atoms with E-state index < -0.39 is 0 Å². The molecule has 2 rings (SSSR count). The van der Waals surface area contributed by atoms with Crippen LogP contribution in [0.2, 0.25) is 0 Å². The van der Waals surface area contributed by atoms with Gasteiger partial charge in [-0.1, -0.05) is 15.9 Å². The van der Waals surface area contributed by atoms with Crippen LogP contribution in [0.15, 0.2) is 22.7 Å². The molecule has 98 valence electrons. The minimum atomic E-state index is 0.174. The van der Waals surface area contributed by atoms with Crippen molar-refractivity contribution in [2.75, 3.05) is 20.2 Å². The zero-order valence-corrected chi connectivity index (χ0v) is 11.9. The summed E-state index contributed by atoms with van der Waals surface area (Å²) in [7, 11) is 1.64. The summed E-state index contributed by atoms with van der Waals surface area (Å²) in [5.74, 6) is 1.27. The molecule has 1 aromatic rings. The summed E-state index contributed by atoms with van der Waals surface area (Å²) in [5.41, 5.74) is 6.63. The molecule has 0 saturated carbocycles. The molecular weight excluding hydrogens is 296 g/mol. The quantitative estimate of drug-likeness (QED) is 0.921. The molecule has 0 spiro atoms. The lowest BCUT2D eigenvalue weighted by atomic mass is 10.1. The second-order valence-electron chi connectivity index (χ2n) is 4.54. The molecule has 1 aliphatic rings. The lowest BCUT2D eigenvalue weighted by Gasteiger charge is -2.18. The predicted molar refractivity (Wildman–Crippen MR) is 73.3 cm³/mol. The largest absolute Gasteiger partial charge is 0.496 e. The number of nitrogens with two attached hydrogens (primary N) is 1. The smallest absolute Gasteiger partial charge is 0.223 e. The van der Waals surface area contributed by atoms with Crippen LogP contribution >= 0.6 is 15.9 Å². The van der Waals surface area contributed by atoms with Crippen LogP contribution in [0.3, 0.4) is 0 Å². The molecule has 0 aromatic heterocycles. The van der Waals surface area contributed by atoms with E-state index in [1.807, 2.05) is 23.1 Å². The fraction of sp³-hybridized carbons (Fsp3) is 0.462. The molecule has 1 heterocycles. The first-order valence-corrected chi connectivity index (χ1v) is 6.73. The maximum absolute atomic E-state index is 11.9. The number of hydrogen-bond acceptors (Lipinski definition) is 3. The average molecular weight is 313 g/mol. The summed E-state index contributed by atoms with van der Waals surface area (Å²) in [6.45, 7) is 1.89. The summed E-state index contributed by atoms with van der Waals surface area (Å²) in [4.78, 5) is 13.7. The highest BCUT2D eigenvalue weighted by Gasteiger charge is 2.28. The fourth-order valence-corrected chi connectivity index (χ4v) is 2.65. The van der Waals surface area contributed by atoms with Gasteiger partial charge in [-0.2, -0.15) is 0 Å². The summed E-state index contributed by atoms with van der Waals surface area (Å²) in [6, 6.07) is 5.82. The monoisotopic (exact) mass is 312 g/mol. The van der Waals surface area contributed by atoms with E-state index in [0.717, 1.165) is 22.3 Å². The van der Waals surface area contributed by atoms with Crippen LogP contribution in [0.4, 0.5) is 0 Å². The number of methoxy groups -OCH3 is 1. The number of benzene rings is 1. The Bertz CT molecular complexity index is 451. The molecule has 1 amide bonds. The van der Waals surface area contributed by atoms with E-state index in [-0.39, 0.29) is 11.8 Å². The van der Waals surface area contributed by atoms with Crippen molar-refractivity contribution < 1.29 is 9.53 Å². The van der Waals surface area contributed by atoms with Crippen LogP contribution in [0.25, 0.3) is 0 Å². The molecule has 2 N–H and O–H groups in total. The van der Waals surface area contributed by atoms with E-state index in [4.69, 9.17) is 10.5 Å². The van der Waals surface area contributed by atoms with Gasteiger partial charge < -0.3 is 15.4 Å². The van der Waals surface area contributed by atoms with Crippen LogP contribution in [-0.2, 0) is 11.3 Å². The average Bonchev–Trinajstić information content (AvgIpc) is 2.71. The Hall–Kier alpha value is -1.07. The van der Waals surface area contributed by atoms with Crippen molar-refractivity contribution in [1.29, 1.82) is 0 Å². The molecule has 0 aliphatic carbocycles. The van der Waals surface area contributed by atoms with Crippen molar-refractivity contribution in [3.05, 3.63) is 28.2 Å². The SMILES string of the molecule is COc1ccc(Br)cc1CN1CC(CN)CC1=O. The number of hydrogen-bond donors (Lipinski definition) is 1. The number of ether oxygens (including phenoxy) is 1. The minimum Gasteiger partial charge on any atom is -0.496 e. The third kappa shape index (κ3) is 2.84. The number of carbonyl (C=O) groups excluding carboxylic acids is 1. The van der Waals surface area contributed by atoms with Gasteiger partial charge in [0.25, 0.3) is 0 Å². The molecule has 1 aromatic carbocycles. The van der Waals surface area contributed by atoms with Gasteiger partial charge in [0.2, 0.25) is 5.91 Å². The number of halogens is 1. The van der Waals surface area contributed by atoms with Gasteiger partial charge in [-0.15, -0.1) is 0 Å². The Morgan fingerprint density at radius 2 is 2.33 bits per heavy atom. The maximum Gasteiger partial charge on any atom is 0.223 e. The normalized spacial score (nSPS) is 19.4. The summed E-state index contributed by atoms with van der Waals surface area (Å²) < 4.78 is 6.30. The summed E-state index contributed by atoms with van der Waals surface area (Å²) in [5, 5.41) is 0. The lowest BCUT2D eigenvalue weighted by molar-refractivity contribution is -0.128. The Labute approximate surface area is 115 Å². The van der Waals surface area contributed by atoms with E-state index >= 15 is 0 Å². The second-order valence-corrected chi connectivity index (χ2v) is 5.45. The minimum absolute atomic E-state index is 0.174. The van der Waals surface area contributed by atoms with Gasteiger partial charge in [0.15, 0.2) is 0 Å². The molecule has 1 unspecified atom stereocenters. The molecular formula is C13H17BrN2O2. The van der Waals surface area contributed by atoms with Crippen LogP contribution in [-0.4, -0.2) is 31.0 Å². The van der Waals surface area contributed by atoms with E-state index in [2.05, 4.69) is 15.9 Å². The highest BCUT2D eigenvalue weighted by Crippen LogP contribution is 2.27. The Morgan fingerprint density at radius 1 is 1.56 bits per heavy atom. The molecule has 4 nitrogen and oxygen atoms in total. The topological polar surface area (TPSA) is 55.6 Å². The van der Waals surface area contributed by atoms with Crippen LogP contribution in [0, 0.1) is 5.92 Å². The highest BCUT2D eigenvalue weighted by atomic mass is 79.9. The fourth-order valence-electron chi connectivity index (χ4n) is 2.24. The van der Waals surface area contributed by atoms with Crippen molar-refractivity contribution in [1.82, 2.24) is 4.90 Å². The van der Waals surface area contributed by atoms with Gasteiger partial charge in [-0.25, -0.2) is 0 Å². The van der Waals surface area contributed by atoms with Crippen molar-refractivity contribution in [3.8, 4) is 5.75 Å².